The van der Waals surface area contributed by atoms with Crippen molar-refractivity contribution in [1.82, 2.24) is 24.3 Å². The molecule has 7 nitrogen and oxygen atoms in total. The summed E-state index contributed by atoms with van der Waals surface area (Å²) in [5.74, 6) is 0.450. The van der Waals surface area contributed by atoms with E-state index in [1.54, 1.807) is 11.1 Å². The molecule has 1 aliphatic rings. The van der Waals surface area contributed by atoms with Crippen LogP contribution in [0.2, 0.25) is 0 Å². The summed E-state index contributed by atoms with van der Waals surface area (Å²) in [6.07, 6.45) is 5.02. The lowest BCUT2D eigenvalue weighted by molar-refractivity contribution is 0.140. The molecular formula is C15H19FN6O. The van der Waals surface area contributed by atoms with Crippen molar-refractivity contribution in [2.24, 2.45) is 7.05 Å². The van der Waals surface area contributed by atoms with Crippen LogP contribution in [0.4, 0.5) is 14.9 Å². The van der Waals surface area contributed by atoms with E-state index in [0.717, 1.165) is 25.5 Å². The normalized spacial score (nSPS) is 15.7. The Morgan fingerprint density at radius 3 is 2.65 bits per heavy atom. The number of piperazine rings is 1. The molecule has 1 saturated heterocycles. The largest absolute Gasteiger partial charge is 0.337 e. The fraction of sp³-hybridized carbons (Fsp3) is 0.400. The van der Waals surface area contributed by atoms with Crippen LogP contribution in [-0.2, 0) is 13.6 Å². The van der Waals surface area contributed by atoms with E-state index in [9.17, 15) is 9.18 Å². The Morgan fingerprint density at radius 2 is 2.04 bits per heavy atom. The van der Waals surface area contributed by atoms with Crippen LogP contribution in [-0.4, -0.2) is 56.5 Å². The van der Waals surface area contributed by atoms with Gasteiger partial charge in [0, 0.05) is 45.6 Å². The number of aryl methyl sites for hydroxylation is 1. The summed E-state index contributed by atoms with van der Waals surface area (Å²) in [5, 5.41) is 2.73. The predicted molar refractivity (Wildman–Crippen MR) is 83.3 cm³/mol. The third-order valence-electron chi connectivity index (χ3n) is 3.92. The number of carbonyl (C=O) groups is 1. The van der Waals surface area contributed by atoms with Crippen molar-refractivity contribution < 1.29 is 9.18 Å². The van der Waals surface area contributed by atoms with Crippen molar-refractivity contribution in [2.75, 3.05) is 31.5 Å². The molecule has 8 heteroatoms. The van der Waals surface area contributed by atoms with E-state index in [1.165, 1.54) is 18.3 Å². The van der Waals surface area contributed by atoms with Crippen molar-refractivity contribution >= 4 is 11.7 Å². The molecule has 3 heterocycles. The monoisotopic (exact) mass is 318 g/mol. The zero-order valence-electron chi connectivity index (χ0n) is 12.9. The Morgan fingerprint density at radius 1 is 1.26 bits per heavy atom. The lowest BCUT2D eigenvalue weighted by Gasteiger charge is -2.34. The van der Waals surface area contributed by atoms with E-state index >= 15 is 0 Å². The lowest BCUT2D eigenvalue weighted by Crippen LogP contribution is -2.49. The summed E-state index contributed by atoms with van der Waals surface area (Å²) in [4.78, 5) is 24.0. The number of carbonyl (C=O) groups excluding carboxylic acids is 1. The number of urea groups is 1. The summed E-state index contributed by atoms with van der Waals surface area (Å²) in [6, 6.07) is 2.54. The van der Waals surface area contributed by atoms with Crippen LogP contribution in [0.5, 0.6) is 0 Å². The first kappa shape index (κ1) is 15.4. The van der Waals surface area contributed by atoms with Gasteiger partial charge < -0.3 is 14.8 Å². The number of pyridine rings is 1. The van der Waals surface area contributed by atoms with Crippen LogP contribution in [0, 0.1) is 5.95 Å². The van der Waals surface area contributed by atoms with Crippen LogP contribution in [0.25, 0.3) is 0 Å². The molecule has 2 aromatic heterocycles. The predicted octanol–water partition coefficient (Wildman–Crippen LogP) is 1.30. The van der Waals surface area contributed by atoms with E-state index in [4.69, 9.17) is 0 Å². The van der Waals surface area contributed by atoms with Gasteiger partial charge in [-0.25, -0.2) is 14.8 Å². The third kappa shape index (κ3) is 3.84. The minimum Gasteiger partial charge on any atom is -0.337 e. The van der Waals surface area contributed by atoms with E-state index in [-0.39, 0.29) is 6.03 Å². The maximum Gasteiger partial charge on any atom is 0.321 e. The van der Waals surface area contributed by atoms with Gasteiger partial charge in [0.25, 0.3) is 0 Å². The van der Waals surface area contributed by atoms with Gasteiger partial charge in [-0.15, -0.1) is 0 Å². The van der Waals surface area contributed by atoms with E-state index in [2.05, 4.69) is 20.2 Å². The van der Waals surface area contributed by atoms with Gasteiger partial charge in [-0.1, -0.05) is 0 Å². The number of aromatic nitrogens is 3. The minimum absolute atomic E-state index is 0.185. The molecular weight excluding hydrogens is 299 g/mol. The van der Waals surface area contributed by atoms with Gasteiger partial charge in [0.05, 0.1) is 18.4 Å². The van der Waals surface area contributed by atoms with Crippen LogP contribution in [0.1, 0.15) is 5.82 Å². The highest BCUT2D eigenvalue weighted by Gasteiger charge is 2.22. The molecule has 122 valence electrons. The van der Waals surface area contributed by atoms with Crippen LogP contribution in [0.15, 0.2) is 30.7 Å². The minimum atomic E-state index is -0.564. The van der Waals surface area contributed by atoms with Gasteiger partial charge in [0.1, 0.15) is 5.82 Å². The average molecular weight is 318 g/mol. The van der Waals surface area contributed by atoms with Crippen molar-refractivity contribution in [3.8, 4) is 0 Å². The molecule has 0 atom stereocenters. The fourth-order valence-electron chi connectivity index (χ4n) is 2.51. The molecule has 0 saturated carbocycles. The summed E-state index contributed by atoms with van der Waals surface area (Å²) in [5.41, 5.74) is 0.492. The molecule has 2 amide bonds. The Labute approximate surface area is 133 Å². The second-order valence-corrected chi connectivity index (χ2v) is 5.52. The molecule has 0 unspecified atom stereocenters. The van der Waals surface area contributed by atoms with Gasteiger partial charge >= 0.3 is 6.03 Å². The highest BCUT2D eigenvalue weighted by Crippen LogP contribution is 2.10. The smallest absolute Gasteiger partial charge is 0.321 e. The maximum absolute atomic E-state index is 12.8. The molecule has 2 aromatic rings. The Kier molecular flexibility index (Phi) is 4.52. The fourth-order valence-corrected chi connectivity index (χ4v) is 2.51. The highest BCUT2D eigenvalue weighted by molar-refractivity contribution is 5.89. The lowest BCUT2D eigenvalue weighted by atomic mass is 10.3. The number of halogens is 1. The first-order valence-corrected chi connectivity index (χ1v) is 7.48. The highest BCUT2D eigenvalue weighted by atomic mass is 19.1. The second kappa shape index (κ2) is 6.74. The molecule has 1 fully saturated rings. The molecule has 1 N–H and O–H groups in total. The summed E-state index contributed by atoms with van der Waals surface area (Å²) in [7, 11) is 1.97. The molecule has 23 heavy (non-hydrogen) atoms. The SMILES string of the molecule is Cn1ccnc1CN1CCN(C(=O)Nc2ccc(F)nc2)CC1. The van der Waals surface area contributed by atoms with Gasteiger partial charge in [-0.2, -0.15) is 4.39 Å². The molecule has 0 radical (unpaired) electrons. The van der Waals surface area contributed by atoms with Gasteiger partial charge in [0.15, 0.2) is 0 Å². The molecule has 0 bridgehead atoms. The first-order valence-electron chi connectivity index (χ1n) is 7.48. The number of anilines is 1. The van der Waals surface area contributed by atoms with Crippen molar-refractivity contribution in [1.29, 1.82) is 0 Å². The Hall–Kier alpha value is -2.48. The number of hydrogen-bond donors (Lipinski definition) is 1. The molecule has 3 rings (SSSR count). The maximum atomic E-state index is 12.8. The average Bonchev–Trinajstić information content (AvgIpc) is 2.95. The summed E-state index contributed by atoms with van der Waals surface area (Å²) < 4.78 is 14.8. The van der Waals surface area contributed by atoms with Crippen LogP contribution >= 0.6 is 0 Å². The third-order valence-corrected chi connectivity index (χ3v) is 3.92. The number of nitrogens with zero attached hydrogens (tertiary/aromatic N) is 5. The van der Waals surface area contributed by atoms with Crippen LogP contribution in [0.3, 0.4) is 0 Å². The van der Waals surface area contributed by atoms with Gasteiger partial charge in [-0.3, -0.25) is 4.90 Å². The number of amides is 2. The van der Waals surface area contributed by atoms with E-state index in [1.807, 2.05) is 17.8 Å². The number of rotatable bonds is 3. The van der Waals surface area contributed by atoms with Crippen molar-refractivity contribution in [2.45, 2.75) is 6.54 Å². The standard InChI is InChI=1S/C15H19FN6O/c1-20-5-4-17-14(20)11-21-6-8-22(9-7-21)15(23)19-12-2-3-13(16)18-10-12/h2-5,10H,6-9,11H2,1H3,(H,19,23). The first-order chi connectivity index (χ1) is 11.1. The quantitative estimate of drug-likeness (QED) is 0.867. The van der Waals surface area contributed by atoms with E-state index in [0.29, 0.717) is 18.8 Å². The zero-order valence-corrected chi connectivity index (χ0v) is 12.9. The topological polar surface area (TPSA) is 66.3 Å². The second-order valence-electron chi connectivity index (χ2n) is 5.52. The number of hydrogen-bond acceptors (Lipinski definition) is 4. The zero-order chi connectivity index (χ0) is 16.2. The summed E-state index contributed by atoms with van der Waals surface area (Å²) in [6.45, 7) is 3.65. The van der Waals surface area contributed by atoms with Gasteiger partial charge in [-0.05, 0) is 12.1 Å². The summed E-state index contributed by atoms with van der Waals surface area (Å²) >= 11 is 0. The molecule has 1 aliphatic heterocycles. The van der Waals surface area contributed by atoms with Gasteiger partial charge in [0.2, 0.25) is 5.95 Å². The van der Waals surface area contributed by atoms with Crippen molar-refractivity contribution in [3.05, 3.63) is 42.5 Å². The molecule has 0 aliphatic carbocycles. The Balaban J connectivity index is 1.49. The Bertz CT molecular complexity index is 663. The molecule has 0 aromatic carbocycles. The van der Waals surface area contributed by atoms with Crippen LogP contribution < -0.4 is 5.32 Å². The number of imidazole rings is 1. The van der Waals surface area contributed by atoms with Crippen molar-refractivity contribution in [3.63, 3.8) is 0 Å². The molecule has 0 spiro atoms. The number of nitrogens with one attached hydrogen (secondary N) is 1. The van der Waals surface area contributed by atoms with E-state index < -0.39 is 5.95 Å².